The number of hydrazone groups is 1. The zero-order chi connectivity index (χ0) is 23.4. The molecule has 0 spiro atoms. The van der Waals surface area contributed by atoms with Crippen LogP contribution in [0.4, 0.5) is 0 Å². The molecule has 2 aromatic carbocycles. The summed E-state index contributed by atoms with van der Waals surface area (Å²) in [5.41, 5.74) is 3.00. The molecule has 170 valence electrons. The summed E-state index contributed by atoms with van der Waals surface area (Å²) in [7, 11) is 3.14. The van der Waals surface area contributed by atoms with Gasteiger partial charge in [0, 0.05) is 6.42 Å². The number of aryl methyl sites for hydroxylation is 1. The van der Waals surface area contributed by atoms with Gasteiger partial charge in [-0.25, -0.2) is 9.80 Å². The fourth-order valence-corrected chi connectivity index (χ4v) is 4.42. The van der Waals surface area contributed by atoms with Crippen LogP contribution in [0.2, 0.25) is 0 Å². The Balaban J connectivity index is 1.56. The molecule has 0 N–H and O–H groups in total. The van der Waals surface area contributed by atoms with Crippen molar-refractivity contribution in [3.05, 3.63) is 81.5 Å². The number of hydrogen-bond donors (Lipinski definition) is 0. The molecule has 3 aromatic rings. The summed E-state index contributed by atoms with van der Waals surface area (Å²) >= 11 is 1.56. The number of benzene rings is 2. The Hall–Kier alpha value is -3.65. The number of esters is 1. The molecule has 0 fully saturated rings. The standard InChI is InChI=1S/C25H24N2O5S/c1-16-6-4-7-18(12-16)25(29)32-15-24(28)27-20(14-19(26-27)23-8-5-11-33-23)17-9-10-21(30-2)22(13-17)31-3/h4-13,20H,14-15H2,1-3H3/t20-/m1/s1. The van der Waals surface area contributed by atoms with Gasteiger partial charge in [-0.2, -0.15) is 5.10 Å². The van der Waals surface area contributed by atoms with Crippen LogP contribution in [0, 0.1) is 6.92 Å². The number of ether oxygens (including phenoxy) is 3. The molecule has 0 saturated heterocycles. The van der Waals surface area contributed by atoms with Gasteiger partial charge in [0.05, 0.1) is 36.4 Å². The molecule has 2 heterocycles. The molecule has 7 nitrogen and oxygen atoms in total. The summed E-state index contributed by atoms with van der Waals surface area (Å²) in [4.78, 5) is 26.5. The Labute approximate surface area is 196 Å². The van der Waals surface area contributed by atoms with Crippen molar-refractivity contribution in [2.75, 3.05) is 20.8 Å². The molecule has 0 aliphatic carbocycles. The molecule has 33 heavy (non-hydrogen) atoms. The normalized spacial score (nSPS) is 15.2. The third kappa shape index (κ3) is 4.90. The first kappa shape index (κ1) is 22.5. The van der Waals surface area contributed by atoms with Crippen molar-refractivity contribution in [1.29, 1.82) is 0 Å². The van der Waals surface area contributed by atoms with Crippen molar-refractivity contribution in [3.8, 4) is 11.5 Å². The highest BCUT2D eigenvalue weighted by Crippen LogP contribution is 2.37. The smallest absolute Gasteiger partial charge is 0.338 e. The third-order valence-corrected chi connectivity index (χ3v) is 6.26. The van der Waals surface area contributed by atoms with E-state index in [1.54, 1.807) is 49.8 Å². The van der Waals surface area contributed by atoms with Crippen molar-refractivity contribution in [3.63, 3.8) is 0 Å². The fraction of sp³-hybridized carbons (Fsp3) is 0.240. The van der Waals surface area contributed by atoms with E-state index in [2.05, 4.69) is 5.10 Å². The van der Waals surface area contributed by atoms with Crippen molar-refractivity contribution >= 4 is 28.9 Å². The average molecular weight is 465 g/mol. The number of hydrogen-bond acceptors (Lipinski definition) is 7. The third-order valence-electron chi connectivity index (χ3n) is 5.34. The van der Waals surface area contributed by atoms with Crippen LogP contribution >= 0.6 is 11.3 Å². The van der Waals surface area contributed by atoms with E-state index in [1.807, 2.05) is 42.6 Å². The van der Waals surface area contributed by atoms with Crippen LogP contribution in [0.25, 0.3) is 0 Å². The van der Waals surface area contributed by atoms with Gasteiger partial charge in [-0.1, -0.05) is 29.8 Å². The monoisotopic (exact) mass is 464 g/mol. The topological polar surface area (TPSA) is 77.4 Å². The molecule has 1 aliphatic heterocycles. The van der Waals surface area contributed by atoms with Gasteiger partial charge in [-0.05, 0) is 48.2 Å². The van der Waals surface area contributed by atoms with Crippen LogP contribution in [-0.4, -0.2) is 43.4 Å². The largest absolute Gasteiger partial charge is 0.493 e. The predicted molar refractivity (Wildman–Crippen MR) is 126 cm³/mol. The quantitative estimate of drug-likeness (QED) is 0.477. The molecule has 8 heteroatoms. The van der Waals surface area contributed by atoms with Gasteiger partial charge in [-0.15, -0.1) is 11.3 Å². The maximum atomic E-state index is 13.1. The Kier molecular flexibility index (Phi) is 6.74. The van der Waals surface area contributed by atoms with Crippen LogP contribution < -0.4 is 9.47 Å². The minimum absolute atomic E-state index is 0.355. The van der Waals surface area contributed by atoms with E-state index in [9.17, 15) is 9.59 Å². The van der Waals surface area contributed by atoms with E-state index < -0.39 is 18.5 Å². The second-order valence-electron chi connectivity index (χ2n) is 7.54. The first-order valence-electron chi connectivity index (χ1n) is 10.4. The Bertz CT molecular complexity index is 1190. The Morgan fingerprint density at radius 1 is 1.06 bits per heavy atom. The summed E-state index contributed by atoms with van der Waals surface area (Å²) in [5, 5.41) is 7.97. The molecule has 0 bridgehead atoms. The summed E-state index contributed by atoms with van der Waals surface area (Å²) in [6, 6.07) is 16.2. The van der Waals surface area contributed by atoms with E-state index in [0.29, 0.717) is 23.5 Å². The molecule has 1 aliphatic rings. The second-order valence-corrected chi connectivity index (χ2v) is 8.49. The zero-order valence-corrected chi connectivity index (χ0v) is 19.4. The first-order chi connectivity index (χ1) is 16.0. The zero-order valence-electron chi connectivity index (χ0n) is 18.6. The van der Waals surface area contributed by atoms with Gasteiger partial charge < -0.3 is 14.2 Å². The number of nitrogens with zero attached hydrogens (tertiary/aromatic N) is 2. The Morgan fingerprint density at radius 2 is 1.88 bits per heavy atom. The molecule has 0 unspecified atom stereocenters. The van der Waals surface area contributed by atoms with E-state index in [-0.39, 0.29) is 6.04 Å². The van der Waals surface area contributed by atoms with Crippen molar-refractivity contribution in [1.82, 2.24) is 5.01 Å². The van der Waals surface area contributed by atoms with Gasteiger partial charge in [0.15, 0.2) is 18.1 Å². The lowest BCUT2D eigenvalue weighted by atomic mass is 10.0. The lowest BCUT2D eigenvalue weighted by molar-refractivity contribution is -0.136. The Morgan fingerprint density at radius 3 is 2.58 bits per heavy atom. The van der Waals surface area contributed by atoms with E-state index >= 15 is 0 Å². The maximum absolute atomic E-state index is 13.1. The highest BCUT2D eigenvalue weighted by atomic mass is 32.1. The van der Waals surface area contributed by atoms with Crippen LogP contribution in [0.5, 0.6) is 11.5 Å². The predicted octanol–water partition coefficient (Wildman–Crippen LogP) is 4.61. The summed E-state index contributed by atoms with van der Waals surface area (Å²) in [6.45, 7) is 1.48. The second kappa shape index (κ2) is 9.87. The van der Waals surface area contributed by atoms with Crippen LogP contribution in [0.15, 0.2) is 65.1 Å². The number of methoxy groups -OCH3 is 2. The van der Waals surface area contributed by atoms with E-state index in [4.69, 9.17) is 14.2 Å². The molecule has 1 atom stereocenters. The molecule has 0 radical (unpaired) electrons. The molecular formula is C25H24N2O5S. The van der Waals surface area contributed by atoms with Crippen molar-refractivity contribution in [2.45, 2.75) is 19.4 Å². The fourth-order valence-electron chi connectivity index (χ4n) is 3.70. The average Bonchev–Trinajstić information content (AvgIpc) is 3.52. The molecule has 4 rings (SSSR count). The van der Waals surface area contributed by atoms with Crippen molar-refractivity contribution in [2.24, 2.45) is 5.10 Å². The van der Waals surface area contributed by atoms with Crippen LogP contribution in [0.1, 0.15) is 38.8 Å². The molecule has 0 saturated carbocycles. The summed E-state index contributed by atoms with van der Waals surface area (Å²) in [6.07, 6.45) is 0.535. The number of thiophene rings is 1. The number of carbonyl (C=O) groups is 2. The SMILES string of the molecule is COc1ccc([C@H]2CC(c3cccs3)=NN2C(=O)COC(=O)c2cccc(C)c2)cc1OC. The highest BCUT2D eigenvalue weighted by Gasteiger charge is 2.34. The van der Waals surface area contributed by atoms with E-state index in [1.165, 1.54) is 5.01 Å². The van der Waals surface area contributed by atoms with Gasteiger partial charge in [0.2, 0.25) is 0 Å². The number of amides is 1. The lowest BCUT2D eigenvalue weighted by Gasteiger charge is -2.22. The minimum Gasteiger partial charge on any atom is -0.493 e. The van der Waals surface area contributed by atoms with Gasteiger partial charge in [-0.3, -0.25) is 4.79 Å². The number of carbonyl (C=O) groups excluding carboxylic acids is 2. The molecular weight excluding hydrogens is 440 g/mol. The van der Waals surface area contributed by atoms with E-state index in [0.717, 1.165) is 21.7 Å². The first-order valence-corrected chi connectivity index (χ1v) is 11.3. The van der Waals surface area contributed by atoms with Gasteiger partial charge >= 0.3 is 5.97 Å². The highest BCUT2D eigenvalue weighted by molar-refractivity contribution is 7.12. The minimum atomic E-state index is -0.545. The van der Waals surface area contributed by atoms with Crippen LogP contribution in [-0.2, 0) is 9.53 Å². The lowest BCUT2D eigenvalue weighted by Crippen LogP contribution is -2.31. The van der Waals surface area contributed by atoms with Crippen molar-refractivity contribution < 1.29 is 23.8 Å². The summed E-state index contributed by atoms with van der Waals surface area (Å²) in [5.74, 6) is 0.222. The summed E-state index contributed by atoms with van der Waals surface area (Å²) < 4.78 is 16.1. The van der Waals surface area contributed by atoms with Crippen LogP contribution in [0.3, 0.4) is 0 Å². The number of rotatable bonds is 7. The van der Waals surface area contributed by atoms with Gasteiger partial charge in [0.25, 0.3) is 5.91 Å². The molecule has 1 aromatic heterocycles. The molecule has 1 amide bonds. The van der Waals surface area contributed by atoms with Gasteiger partial charge in [0.1, 0.15) is 0 Å². The maximum Gasteiger partial charge on any atom is 0.338 e.